The molecule has 2 rings (SSSR count). The molecule has 0 aromatic heterocycles. The predicted octanol–water partition coefficient (Wildman–Crippen LogP) is 2.32. The van der Waals surface area contributed by atoms with Crippen molar-refractivity contribution in [3.63, 3.8) is 0 Å². The van der Waals surface area contributed by atoms with Crippen LogP contribution in [0.5, 0.6) is 0 Å². The van der Waals surface area contributed by atoms with Crippen molar-refractivity contribution >= 4 is 5.78 Å². The molecule has 2 bridgehead atoms. The van der Waals surface area contributed by atoms with Gasteiger partial charge in [0.15, 0.2) is 5.78 Å². The summed E-state index contributed by atoms with van der Waals surface area (Å²) in [6.45, 7) is 1.95. The summed E-state index contributed by atoms with van der Waals surface area (Å²) in [6, 6.07) is 0. The highest BCUT2D eigenvalue weighted by Gasteiger charge is 2.34. The van der Waals surface area contributed by atoms with Crippen LogP contribution in [0.3, 0.4) is 0 Å². The second kappa shape index (κ2) is 2.47. The maximum absolute atomic E-state index is 11.3. The van der Waals surface area contributed by atoms with Crippen molar-refractivity contribution in [1.29, 1.82) is 0 Å². The second-order valence-electron chi connectivity index (χ2n) is 3.67. The smallest absolute Gasteiger partial charge is 0.158 e. The van der Waals surface area contributed by atoms with Gasteiger partial charge in [-0.3, -0.25) is 4.79 Å². The van der Waals surface area contributed by atoms with Gasteiger partial charge in [0.2, 0.25) is 0 Å². The first-order valence-corrected chi connectivity index (χ1v) is 4.56. The summed E-state index contributed by atoms with van der Waals surface area (Å²) in [5.41, 5.74) is 1.16. The van der Waals surface area contributed by atoms with Gasteiger partial charge in [-0.25, -0.2) is 0 Å². The van der Waals surface area contributed by atoms with E-state index in [2.05, 4.69) is 6.08 Å². The summed E-state index contributed by atoms with van der Waals surface area (Å²) in [7, 11) is 0. The van der Waals surface area contributed by atoms with Crippen LogP contribution in [-0.2, 0) is 4.79 Å². The second-order valence-corrected chi connectivity index (χ2v) is 3.67. The molecular formula is C10H14O. The molecule has 2 atom stereocenters. The summed E-state index contributed by atoms with van der Waals surface area (Å²) in [6.07, 6.45) is 6.77. The lowest BCUT2D eigenvalue weighted by Gasteiger charge is -2.10. The molecule has 0 aromatic carbocycles. The lowest BCUT2D eigenvalue weighted by atomic mass is 9.94. The minimum atomic E-state index is 0.386. The topological polar surface area (TPSA) is 17.1 Å². The van der Waals surface area contributed by atoms with Crippen LogP contribution in [0.15, 0.2) is 11.6 Å². The van der Waals surface area contributed by atoms with Gasteiger partial charge in [-0.2, -0.15) is 0 Å². The molecule has 2 aliphatic carbocycles. The monoisotopic (exact) mass is 150 g/mol. The third-order valence-corrected chi connectivity index (χ3v) is 2.97. The predicted molar refractivity (Wildman–Crippen MR) is 44.2 cm³/mol. The van der Waals surface area contributed by atoms with Gasteiger partial charge >= 0.3 is 0 Å². The lowest BCUT2D eigenvalue weighted by Crippen LogP contribution is -2.07. The molecule has 1 nitrogen and oxygen atoms in total. The number of Topliss-reactive ketones (excluding diaryl/α,β-unsaturated/α-hetero) is 1. The van der Waals surface area contributed by atoms with Gasteiger partial charge in [-0.1, -0.05) is 13.0 Å². The van der Waals surface area contributed by atoms with Crippen LogP contribution >= 0.6 is 0 Å². The molecule has 0 radical (unpaired) electrons. The van der Waals surface area contributed by atoms with Crippen LogP contribution < -0.4 is 0 Å². The van der Waals surface area contributed by atoms with E-state index in [1.54, 1.807) is 0 Å². The van der Waals surface area contributed by atoms with Gasteiger partial charge in [0.05, 0.1) is 0 Å². The van der Waals surface area contributed by atoms with E-state index in [1.165, 1.54) is 19.3 Å². The van der Waals surface area contributed by atoms with Gasteiger partial charge in [0, 0.05) is 6.42 Å². The highest BCUT2D eigenvalue weighted by atomic mass is 16.1. The van der Waals surface area contributed by atoms with Crippen LogP contribution in [0.4, 0.5) is 0 Å². The van der Waals surface area contributed by atoms with Crippen molar-refractivity contribution in [1.82, 2.24) is 0 Å². The Morgan fingerprint density at radius 1 is 1.64 bits per heavy atom. The van der Waals surface area contributed by atoms with Gasteiger partial charge in [0.25, 0.3) is 0 Å². The SMILES string of the molecule is CCC(=O)C1=CC2CCC1C2. The van der Waals surface area contributed by atoms with E-state index in [4.69, 9.17) is 0 Å². The van der Waals surface area contributed by atoms with Crippen LogP contribution in [0.25, 0.3) is 0 Å². The number of carbonyl (C=O) groups is 1. The molecule has 0 saturated heterocycles. The quantitative estimate of drug-likeness (QED) is 0.590. The molecule has 2 aliphatic rings. The minimum Gasteiger partial charge on any atom is -0.295 e. The van der Waals surface area contributed by atoms with E-state index in [-0.39, 0.29) is 0 Å². The molecule has 0 aromatic rings. The summed E-state index contributed by atoms with van der Waals surface area (Å²) in [5, 5.41) is 0. The summed E-state index contributed by atoms with van der Waals surface area (Å²) >= 11 is 0. The molecule has 1 fully saturated rings. The number of allylic oxidation sites excluding steroid dienone is 2. The fourth-order valence-electron chi connectivity index (χ4n) is 2.37. The van der Waals surface area contributed by atoms with E-state index < -0.39 is 0 Å². The van der Waals surface area contributed by atoms with Crippen molar-refractivity contribution in [2.75, 3.05) is 0 Å². The van der Waals surface area contributed by atoms with Gasteiger partial charge in [0.1, 0.15) is 0 Å². The fourth-order valence-corrected chi connectivity index (χ4v) is 2.37. The maximum Gasteiger partial charge on any atom is 0.158 e. The van der Waals surface area contributed by atoms with Crippen molar-refractivity contribution in [3.8, 4) is 0 Å². The lowest BCUT2D eigenvalue weighted by molar-refractivity contribution is -0.115. The number of fused-ring (bicyclic) bond motifs is 2. The van der Waals surface area contributed by atoms with E-state index in [1.807, 2.05) is 6.92 Å². The zero-order chi connectivity index (χ0) is 7.84. The molecule has 1 heteroatoms. The Bertz CT molecular complexity index is 215. The molecule has 2 unspecified atom stereocenters. The number of hydrogen-bond donors (Lipinski definition) is 0. The highest BCUT2D eigenvalue weighted by molar-refractivity contribution is 5.96. The van der Waals surface area contributed by atoms with Crippen LogP contribution in [-0.4, -0.2) is 5.78 Å². The van der Waals surface area contributed by atoms with Gasteiger partial charge < -0.3 is 0 Å². The van der Waals surface area contributed by atoms with Gasteiger partial charge in [-0.05, 0) is 36.7 Å². The first-order chi connectivity index (χ1) is 5.31. The average Bonchev–Trinajstić information content (AvgIpc) is 2.62. The molecule has 1 saturated carbocycles. The zero-order valence-electron chi connectivity index (χ0n) is 6.97. The number of rotatable bonds is 2. The molecular weight excluding hydrogens is 136 g/mol. The van der Waals surface area contributed by atoms with Crippen LogP contribution in [0.1, 0.15) is 32.6 Å². The minimum absolute atomic E-state index is 0.386. The maximum atomic E-state index is 11.3. The van der Waals surface area contributed by atoms with Gasteiger partial charge in [-0.15, -0.1) is 0 Å². The van der Waals surface area contributed by atoms with Crippen molar-refractivity contribution in [3.05, 3.63) is 11.6 Å². The Labute approximate surface area is 67.5 Å². The Kier molecular flexibility index (Phi) is 1.59. The van der Waals surface area contributed by atoms with Crippen LogP contribution in [0, 0.1) is 11.8 Å². The first kappa shape index (κ1) is 7.08. The third-order valence-electron chi connectivity index (χ3n) is 2.97. The Hall–Kier alpha value is -0.590. The molecule has 60 valence electrons. The Morgan fingerprint density at radius 3 is 2.91 bits per heavy atom. The first-order valence-electron chi connectivity index (χ1n) is 4.56. The summed E-state index contributed by atoms with van der Waals surface area (Å²) < 4.78 is 0. The van der Waals surface area contributed by atoms with E-state index in [0.29, 0.717) is 18.1 Å². The fraction of sp³-hybridized carbons (Fsp3) is 0.700. The molecule has 0 N–H and O–H groups in total. The van der Waals surface area contributed by atoms with E-state index in [9.17, 15) is 4.79 Å². The summed E-state index contributed by atoms with van der Waals surface area (Å²) in [4.78, 5) is 11.3. The highest BCUT2D eigenvalue weighted by Crippen LogP contribution is 2.44. The number of ketones is 1. The largest absolute Gasteiger partial charge is 0.295 e. The summed E-state index contributed by atoms with van der Waals surface area (Å²) in [5.74, 6) is 1.79. The number of carbonyl (C=O) groups excluding carboxylic acids is 1. The van der Waals surface area contributed by atoms with Crippen molar-refractivity contribution < 1.29 is 4.79 Å². The van der Waals surface area contributed by atoms with Crippen molar-refractivity contribution in [2.45, 2.75) is 32.6 Å². The average molecular weight is 150 g/mol. The number of hydrogen-bond acceptors (Lipinski definition) is 1. The standard InChI is InChI=1S/C10H14O/c1-2-10(11)9-6-7-3-4-8(9)5-7/h6-8H,2-5H2,1H3. The van der Waals surface area contributed by atoms with E-state index >= 15 is 0 Å². The Morgan fingerprint density at radius 2 is 2.45 bits per heavy atom. The molecule has 0 amide bonds. The molecule has 0 aliphatic heterocycles. The van der Waals surface area contributed by atoms with Crippen molar-refractivity contribution in [2.24, 2.45) is 11.8 Å². The zero-order valence-corrected chi connectivity index (χ0v) is 6.97. The van der Waals surface area contributed by atoms with Crippen LogP contribution in [0.2, 0.25) is 0 Å². The molecule has 0 spiro atoms. The van der Waals surface area contributed by atoms with E-state index in [0.717, 1.165) is 11.5 Å². The molecule has 11 heavy (non-hydrogen) atoms. The molecule has 0 heterocycles. The third kappa shape index (κ3) is 1.03. The Balaban J connectivity index is 2.16. The normalized spacial score (nSPS) is 34.1.